The van der Waals surface area contributed by atoms with Gasteiger partial charge in [-0.05, 0) is 48.0 Å². The lowest BCUT2D eigenvalue weighted by Crippen LogP contribution is -2.02. The standard InChI is InChI=1S/C21H12F3N5O2/c22-16-2-1-14(30-21(23)24)9-15(16)19-28-20(31-29-19)17-8-11(3-5-25-17)13-7-12-4-6-26-18(12)27-10-13/h1-10,21H,(H,26,27). The molecule has 4 aromatic heterocycles. The lowest BCUT2D eigenvalue weighted by Gasteiger charge is -2.05. The average Bonchev–Trinajstić information content (AvgIpc) is 3.44. The normalized spacial score (nSPS) is 11.4. The van der Waals surface area contributed by atoms with E-state index >= 15 is 0 Å². The molecule has 7 nitrogen and oxygen atoms in total. The Morgan fingerprint density at radius 1 is 1.00 bits per heavy atom. The molecule has 0 amide bonds. The van der Waals surface area contributed by atoms with Crippen LogP contribution in [0.4, 0.5) is 13.2 Å². The first-order valence-electron chi connectivity index (χ1n) is 9.05. The lowest BCUT2D eigenvalue weighted by atomic mass is 10.1. The number of aromatic nitrogens is 5. The van der Waals surface area contributed by atoms with Crippen molar-refractivity contribution in [3.05, 3.63) is 66.9 Å². The number of aromatic amines is 1. The highest BCUT2D eigenvalue weighted by atomic mass is 19.3. The van der Waals surface area contributed by atoms with Gasteiger partial charge < -0.3 is 14.2 Å². The zero-order valence-corrected chi connectivity index (χ0v) is 15.6. The topological polar surface area (TPSA) is 89.7 Å². The van der Waals surface area contributed by atoms with E-state index in [2.05, 4.69) is 29.8 Å². The zero-order valence-electron chi connectivity index (χ0n) is 15.6. The molecule has 0 saturated carbocycles. The molecular weight excluding hydrogens is 411 g/mol. The molecule has 0 aliphatic heterocycles. The van der Waals surface area contributed by atoms with Crippen molar-refractivity contribution in [2.24, 2.45) is 0 Å². The quantitative estimate of drug-likeness (QED) is 0.424. The van der Waals surface area contributed by atoms with Gasteiger partial charge in [0.25, 0.3) is 5.89 Å². The van der Waals surface area contributed by atoms with Gasteiger partial charge in [0.2, 0.25) is 5.82 Å². The fourth-order valence-corrected chi connectivity index (χ4v) is 3.11. The molecule has 154 valence electrons. The van der Waals surface area contributed by atoms with E-state index in [1.165, 1.54) is 0 Å². The number of hydrogen-bond donors (Lipinski definition) is 1. The molecule has 0 bridgehead atoms. The smallest absolute Gasteiger partial charge is 0.387 e. The summed E-state index contributed by atoms with van der Waals surface area (Å²) in [6.07, 6.45) is 5.11. The Morgan fingerprint density at radius 3 is 2.77 bits per heavy atom. The molecule has 31 heavy (non-hydrogen) atoms. The van der Waals surface area contributed by atoms with Crippen LogP contribution in [0, 0.1) is 5.82 Å². The van der Waals surface area contributed by atoms with Gasteiger partial charge in [-0.15, -0.1) is 0 Å². The molecule has 1 N–H and O–H groups in total. The number of pyridine rings is 2. The Kier molecular flexibility index (Phi) is 4.58. The molecular formula is C21H12F3N5O2. The maximum absolute atomic E-state index is 14.2. The minimum atomic E-state index is -3.04. The summed E-state index contributed by atoms with van der Waals surface area (Å²) in [4.78, 5) is 15.8. The van der Waals surface area contributed by atoms with Crippen molar-refractivity contribution in [2.75, 3.05) is 0 Å². The maximum atomic E-state index is 14.2. The first kappa shape index (κ1) is 18.8. The Balaban J connectivity index is 1.48. The Labute approximate surface area is 172 Å². The molecule has 0 radical (unpaired) electrons. The molecule has 0 unspecified atom stereocenters. The number of fused-ring (bicyclic) bond motifs is 1. The highest BCUT2D eigenvalue weighted by Gasteiger charge is 2.17. The van der Waals surface area contributed by atoms with Crippen LogP contribution in [-0.2, 0) is 0 Å². The second kappa shape index (κ2) is 7.56. The molecule has 0 aliphatic rings. The van der Waals surface area contributed by atoms with E-state index in [9.17, 15) is 13.2 Å². The summed E-state index contributed by atoms with van der Waals surface area (Å²) in [7, 11) is 0. The van der Waals surface area contributed by atoms with Gasteiger partial charge in [0.05, 0.1) is 5.56 Å². The van der Waals surface area contributed by atoms with E-state index in [0.717, 1.165) is 40.4 Å². The van der Waals surface area contributed by atoms with Crippen LogP contribution in [0.25, 0.3) is 45.1 Å². The van der Waals surface area contributed by atoms with Gasteiger partial charge in [-0.25, -0.2) is 9.37 Å². The van der Waals surface area contributed by atoms with Crippen LogP contribution in [0.2, 0.25) is 0 Å². The largest absolute Gasteiger partial charge is 0.435 e. The number of halogens is 3. The van der Waals surface area contributed by atoms with Crippen LogP contribution in [-0.4, -0.2) is 31.7 Å². The van der Waals surface area contributed by atoms with E-state index in [4.69, 9.17) is 4.52 Å². The molecule has 0 atom stereocenters. The van der Waals surface area contributed by atoms with Crippen molar-refractivity contribution < 1.29 is 22.4 Å². The number of benzene rings is 1. The second-order valence-corrected chi connectivity index (χ2v) is 6.51. The number of rotatable bonds is 5. The van der Waals surface area contributed by atoms with Crippen molar-refractivity contribution in [3.63, 3.8) is 0 Å². The van der Waals surface area contributed by atoms with E-state index in [1.54, 1.807) is 30.7 Å². The summed E-state index contributed by atoms with van der Waals surface area (Å²) in [6, 6.07) is 10.6. The molecule has 0 aliphatic carbocycles. The van der Waals surface area contributed by atoms with Crippen molar-refractivity contribution in [3.8, 4) is 39.8 Å². The summed E-state index contributed by atoms with van der Waals surface area (Å²) in [5.41, 5.74) is 2.69. The summed E-state index contributed by atoms with van der Waals surface area (Å²) in [5, 5.41) is 4.71. The van der Waals surface area contributed by atoms with Gasteiger partial charge >= 0.3 is 6.61 Å². The highest BCUT2D eigenvalue weighted by Crippen LogP contribution is 2.29. The fraction of sp³-hybridized carbons (Fsp3) is 0.0476. The highest BCUT2D eigenvalue weighted by molar-refractivity contribution is 5.81. The lowest BCUT2D eigenvalue weighted by molar-refractivity contribution is -0.0498. The molecule has 4 heterocycles. The van der Waals surface area contributed by atoms with Gasteiger partial charge in [-0.2, -0.15) is 13.8 Å². The Hall–Kier alpha value is -4.21. The third kappa shape index (κ3) is 3.70. The molecule has 10 heteroatoms. The van der Waals surface area contributed by atoms with Crippen LogP contribution in [0.3, 0.4) is 0 Å². The molecule has 0 spiro atoms. The van der Waals surface area contributed by atoms with E-state index in [-0.39, 0.29) is 23.0 Å². The number of ether oxygens (including phenoxy) is 1. The second-order valence-electron chi connectivity index (χ2n) is 6.51. The van der Waals surface area contributed by atoms with Crippen molar-refractivity contribution >= 4 is 11.0 Å². The minimum Gasteiger partial charge on any atom is -0.435 e. The number of alkyl halides is 2. The summed E-state index contributed by atoms with van der Waals surface area (Å²) in [6.45, 7) is -3.04. The number of nitrogens with one attached hydrogen (secondary N) is 1. The maximum Gasteiger partial charge on any atom is 0.387 e. The fourth-order valence-electron chi connectivity index (χ4n) is 3.11. The average molecular weight is 423 g/mol. The van der Waals surface area contributed by atoms with Gasteiger partial charge in [0, 0.05) is 29.5 Å². The minimum absolute atomic E-state index is 0.0483. The molecule has 0 fully saturated rings. The van der Waals surface area contributed by atoms with Gasteiger partial charge in [-0.3, -0.25) is 4.98 Å². The first-order chi connectivity index (χ1) is 15.1. The predicted molar refractivity (Wildman–Crippen MR) is 105 cm³/mol. The summed E-state index contributed by atoms with van der Waals surface area (Å²) >= 11 is 0. The number of nitrogens with zero attached hydrogens (tertiary/aromatic N) is 4. The molecule has 5 aromatic rings. The molecule has 5 rings (SSSR count). The van der Waals surface area contributed by atoms with Crippen LogP contribution in [0.15, 0.2) is 65.6 Å². The van der Waals surface area contributed by atoms with Crippen molar-refractivity contribution in [1.29, 1.82) is 0 Å². The van der Waals surface area contributed by atoms with E-state index in [1.807, 2.05) is 12.1 Å². The van der Waals surface area contributed by atoms with Crippen LogP contribution in [0.1, 0.15) is 0 Å². The van der Waals surface area contributed by atoms with Crippen molar-refractivity contribution in [2.45, 2.75) is 6.61 Å². The molecule has 1 aromatic carbocycles. The van der Waals surface area contributed by atoms with E-state index < -0.39 is 12.4 Å². The predicted octanol–water partition coefficient (Wildman–Crippen LogP) is 5.08. The van der Waals surface area contributed by atoms with Crippen molar-refractivity contribution in [1.82, 2.24) is 25.1 Å². The zero-order chi connectivity index (χ0) is 21.4. The van der Waals surface area contributed by atoms with Crippen LogP contribution >= 0.6 is 0 Å². The molecule has 0 saturated heterocycles. The summed E-state index contributed by atoms with van der Waals surface area (Å²) in [5.74, 6) is -0.992. The van der Waals surface area contributed by atoms with Gasteiger partial charge in [0.1, 0.15) is 22.9 Å². The number of hydrogen-bond acceptors (Lipinski definition) is 6. The Bertz CT molecular complexity index is 1380. The van der Waals surface area contributed by atoms with Crippen LogP contribution < -0.4 is 4.74 Å². The Morgan fingerprint density at radius 2 is 1.90 bits per heavy atom. The van der Waals surface area contributed by atoms with Crippen LogP contribution in [0.5, 0.6) is 5.75 Å². The first-order valence-corrected chi connectivity index (χ1v) is 9.05. The van der Waals surface area contributed by atoms with Gasteiger partial charge in [-0.1, -0.05) is 5.16 Å². The SMILES string of the molecule is Fc1ccc(OC(F)F)cc1-c1noc(-c2cc(-c3cnc4[nH]ccc4c3)ccn2)n1. The number of H-pyrrole nitrogens is 1. The van der Waals surface area contributed by atoms with E-state index in [0.29, 0.717) is 5.69 Å². The monoisotopic (exact) mass is 423 g/mol. The van der Waals surface area contributed by atoms with Gasteiger partial charge in [0.15, 0.2) is 0 Å². The third-order valence-electron chi connectivity index (χ3n) is 4.54. The summed E-state index contributed by atoms with van der Waals surface area (Å²) < 4.78 is 48.6. The third-order valence-corrected chi connectivity index (χ3v) is 4.54.